The van der Waals surface area contributed by atoms with Crippen molar-refractivity contribution in [1.82, 2.24) is 10.6 Å². The highest BCUT2D eigenvalue weighted by Gasteiger charge is 2.26. The van der Waals surface area contributed by atoms with Crippen LogP contribution in [0.2, 0.25) is 0 Å². The molecule has 116 valence electrons. The first-order chi connectivity index (χ1) is 9.49. The van der Waals surface area contributed by atoms with Gasteiger partial charge in [0.15, 0.2) is 0 Å². The Kier molecular flexibility index (Phi) is 6.07. The molecule has 0 aromatic heterocycles. The van der Waals surface area contributed by atoms with Gasteiger partial charge in [-0.1, -0.05) is 6.07 Å². The average molecular weight is 316 g/mol. The predicted octanol–water partition coefficient (Wildman–Crippen LogP) is 0.635. The summed E-state index contributed by atoms with van der Waals surface area (Å²) in [5.74, 6) is -0.553. The molecule has 7 nitrogen and oxygen atoms in total. The highest BCUT2D eigenvalue weighted by Crippen LogP contribution is 2.20. The van der Waals surface area contributed by atoms with Crippen LogP contribution < -0.4 is 10.6 Å². The second-order valence-electron chi connectivity index (χ2n) is 4.97. The second-order valence-corrected chi connectivity index (χ2v) is 4.97. The third-order valence-electron chi connectivity index (χ3n) is 3.42. The van der Waals surface area contributed by atoms with Gasteiger partial charge in [-0.2, -0.15) is 0 Å². The molecular formula is C13H18ClN3O4. The maximum absolute atomic E-state index is 12.1. The van der Waals surface area contributed by atoms with E-state index in [0.29, 0.717) is 13.1 Å². The van der Waals surface area contributed by atoms with Gasteiger partial charge in [-0.15, -0.1) is 12.4 Å². The van der Waals surface area contributed by atoms with Crippen molar-refractivity contribution in [2.75, 3.05) is 19.6 Å². The molecular weight excluding hydrogens is 298 g/mol. The summed E-state index contributed by atoms with van der Waals surface area (Å²) in [5, 5.41) is 26.2. The monoisotopic (exact) mass is 315 g/mol. The molecule has 2 rings (SSSR count). The highest BCUT2D eigenvalue weighted by atomic mass is 35.5. The Morgan fingerprint density at radius 3 is 2.81 bits per heavy atom. The number of β-amino-alcohol motifs (C(OH)–C–C–N with tert-alkyl or cyclic N) is 1. The molecule has 2 unspecified atom stereocenters. The van der Waals surface area contributed by atoms with E-state index in [4.69, 9.17) is 0 Å². The normalized spacial score (nSPS) is 20.7. The molecule has 0 saturated carbocycles. The van der Waals surface area contributed by atoms with Crippen LogP contribution in [0.15, 0.2) is 18.2 Å². The largest absolute Gasteiger partial charge is 0.391 e. The summed E-state index contributed by atoms with van der Waals surface area (Å²) in [6.45, 7) is 3.19. The van der Waals surface area contributed by atoms with Crippen molar-refractivity contribution in [3.63, 3.8) is 0 Å². The highest BCUT2D eigenvalue weighted by molar-refractivity contribution is 5.98. The zero-order valence-electron chi connectivity index (χ0n) is 11.5. The molecule has 0 spiro atoms. The Bertz CT molecular complexity index is 538. The number of carbonyl (C=O) groups is 1. The quantitative estimate of drug-likeness (QED) is 0.558. The first kappa shape index (κ1) is 17.4. The molecule has 1 fully saturated rings. The molecule has 0 aliphatic carbocycles. The third-order valence-corrected chi connectivity index (χ3v) is 3.42. The van der Waals surface area contributed by atoms with Gasteiger partial charge in [-0.3, -0.25) is 14.9 Å². The smallest absolute Gasteiger partial charge is 0.282 e. The van der Waals surface area contributed by atoms with Gasteiger partial charge in [0.2, 0.25) is 0 Å². The van der Waals surface area contributed by atoms with Crippen molar-refractivity contribution < 1.29 is 14.8 Å². The zero-order valence-corrected chi connectivity index (χ0v) is 12.4. The lowest BCUT2D eigenvalue weighted by Gasteiger charge is -2.14. The number of carbonyl (C=O) groups excluding carboxylic acids is 1. The molecule has 1 aliphatic heterocycles. The van der Waals surface area contributed by atoms with E-state index in [1.54, 1.807) is 13.0 Å². The summed E-state index contributed by atoms with van der Waals surface area (Å²) < 4.78 is 0. The van der Waals surface area contributed by atoms with Gasteiger partial charge < -0.3 is 15.7 Å². The van der Waals surface area contributed by atoms with E-state index in [0.717, 1.165) is 5.56 Å². The van der Waals surface area contributed by atoms with Crippen molar-refractivity contribution in [3.05, 3.63) is 39.4 Å². The number of aliphatic hydroxyl groups is 1. The lowest BCUT2D eigenvalue weighted by atomic mass is 10.1. The minimum absolute atomic E-state index is 0. The van der Waals surface area contributed by atoms with Crippen molar-refractivity contribution in [3.8, 4) is 0 Å². The maximum Gasteiger partial charge on any atom is 0.282 e. The van der Waals surface area contributed by atoms with Crippen LogP contribution in [-0.2, 0) is 0 Å². The van der Waals surface area contributed by atoms with E-state index in [1.807, 2.05) is 0 Å². The van der Waals surface area contributed by atoms with Gasteiger partial charge in [-0.05, 0) is 18.6 Å². The molecule has 1 heterocycles. The molecule has 1 aliphatic rings. The molecule has 1 saturated heterocycles. The summed E-state index contributed by atoms with van der Waals surface area (Å²) >= 11 is 0. The summed E-state index contributed by atoms with van der Waals surface area (Å²) in [5.41, 5.74) is 0.622. The van der Waals surface area contributed by atoms with Gasteiger partial charge in [0.25, 0.3) is 11.6 Å². The molecule has 8 heteroatoms. The number of nitrogens with zero attached hydrogens (tertiary/aromatic N) is 1. The molecule has 1 aromatic carbocycles. The van der Waals surface area contributed by atoms with E-state index in [2.05, 4.69) is 10.6 Å². The standard InChI is InChI=1S/C13H17N3O4.ClH/c1-8-2-3-11(16(19)20)10(4-8)13(18)15-6-9-5-14-7-12(9)17;/h2-4,9,12,14,17H,5-7H2,1H3,(H,15,18);1H. The Hall–Kier alpha value is -1.70. The number of hydrogen-bond acceptors (Lipinski definition) is 5. The molecule has 2 atom stereocenters. The summed E-state index contributed by atoms with van der Waals surface area (Å²) in [7, 11) is 0. The van der Waals surface area contributed by atoms with Gasteiger partial charge in [-0.25, -0.2) is 0 Å². The van der Waals surface area contributed by atoms with Crippen molar-refractivity contribution in [2.24, 2.45) is 5.92 Å². The van der Waals surface area contributed by atoms with Gasteiger partial charge >= 0.3 is 0 Å². The fraction of sp³-hybridized carbons (Fsp3) is 0.462. The maximum atomic E-state index is 12.1. The average Bonchev–Trinajstić information content (AvgIpc) is 2.81. The summed E-state index contributed by atoms with van der Waals surface area (Å²) in [6.07, 6.45) is -0.497. The Morgan fingerprint density at radius 1 is 1.52 bits per heavy atom. The SMILES string of the molecule is Cc1ccc([N+](=O)[O-])c(C(=O)NCC2CNCC2O)c1.Cl. The number of rotatable bonds is 4. The van der Waals surface area contributed by atoms with Crippen molar-refractivity contribution >= 4 is 24.0 Å². The van der Waals surface area contributed by atoms with Crippen LogP contribution in [0.3, 0.4) is 0 Å². The minimum Gasteiger partial charge on any atom is -0.391 e. The number of hydrogen-bond donors (Lipinski definition) is 3. The fourth-order valence-corrected chi connectivity index (χ4v) is 2.24. The molecule has 1 amide bonds. The van der Waals surface area contributed by atoms with Crippen LogP contribution in [0.5, 0.6) is 0 Å². The van der Waals surface area contributed by atoms with Gasteiger partial charge in [0, 0.05) is 31.6 Å². The fourth-order valence-electron chi connectivity index (χ4n) is 2.24. The molecule has 21 heavy (non-hydrogen) atoms. The zero-order chi connectivity index (χ0) is 14.7. The van der Waals surface area contributed by atoms with Crippen LogP contribution in [0.4, 0.5) is 5.69 Å². The van der Waals surface area contributed by atoms with Gasteiger partial charge in [0.05, 0.1) is 11.0 Å². The summed E-state index contributed by atoms with van der Waals surface area (Å²) in [6, 6.07) is 4.42. The van der Waals surface area contributed by atoms with Gasteiger partial charge in [0.1, 0.15) is 5.56 Å². The number of aryl methyl sites for hydroxylation is 1. The second kappa shape index (κ2) is 7.35. The van der Waals surface area contributed by atoms with Crippen molar-refractivity contribution in [1.29, 1.82) is 0 Å². The van der Waals surface area contributed by atoms with E-state index < -0.39 is 16.9 Å². The molecule has 0 radical (unpaired) electrons. The molecule has 0 bridgehead atoms. The number of halogens is 1. The third kappa shape index (κ3) is 4.13. The Morgan fingerprint density at radius 2 is 2.24 bits per heavy atom. The first-order valence-corrected chi connectivity index (χ1v) is 6.41. The number of nitro benzene ring substituents is 1. The first-order valence-electron chi connectivity index (χ1n) is 6.41. The minimum atomic E-state index is -0.569. The van der Waals surface area contributed by atoms with Crippen LogP contribution in [0.1, 0.15) is 15.9 Å². The predicted molar refractivity (Wildman–Crippen MR) is 79.8 cm³/mol. The van der Waals surface area contributed by atoms with Crippen LogP contribution in [0, 0.1) is 23.0 Å². The number of aliphatic hydroxyl groups excluding tert-OH is 1. The topological polar surface area (TPSA) is 104 Å². The lowest BCUT2D eigenvalue weighted by Crippen LogP contribution is -2.34. The molecule has 3 N–H and O–H groups in total. The lowest BCUT2D eigenvalue weighted by molar-refractivity contribution is -0.385. The van der Waals surface area contributed by atoms with E-state index >= 15 is 0 Å². The Balaban J connectivity index is 0.00000220. The Labute approximate surface area is 128 Å². The number of nitrogens with one attached hydrogen (secondary N) is 2. The summed E-state index contributed by atoms with van der Waals surface area (Å²) in [4.78, 5) is 22.4. The number of nitro groups is 1. The van der Waals surface area contributed by atoms with Crippen LogP contribution in [0.25, 0.3) is 0 Å². The van der Waals surface area contributed by atoms with E-state index in [-0.39, 0.29) is 36.1 Å². The van der Waals surface area contributed by atoms with E-state index in [9.17, 15) is 20.0 Å². The van der Waals surface area contributed by atoms with E-state index in [1.165, 1.54) is 12.1 Å². The number of benzene rings is 1. The number of amides is 1. The van der Waals surface area contributed by atoms with Crippen LogP contribution in [-0.4, -0.2) is 41.7 Å². The van der Waals surface area contributed by atoms with Crippen LogP contribution >= 0.6 is 12.4 Å². The molecule has 1 aromatic rings. The van der Waals surface area contributed by atoms with Crippen molar-refractivity contribution in [2.45, 2.75) is 13.0 Å².